The number of rotatable bonds is 34. The highest BCUT2D eigenvalue weighted by molar-refractivity contribution is 5.51. The standard InChI is InChI=1S/C53H98O2/c1-40(2)21-13-22-41(3)23-14-24-42(4)25-15-26-43(5)27-16-28-44(6)29-17-30-45(7)31-18-32-46(8)33-19-34-47(9)35-20-36-48(10)37-38-51-39-52(54)49(11)50(12)53(51)55/h21,39,41-48,54-55H,13-20,22-38H2,1-12H3/t41?,42?,43-,44?,45-,46?,47?,48?/m1/s1. The van der Waals surface area contributed by atoms with Gasteiger partial charge in [-0.1, -0.05) is 202 Å². The minimum Gasteiger partial charge on any atom is -0.508 e. The Labute approximate surface area is 345 Å². The summed E-state index contributed by atoms with van der Waals surface area (Å²) in [7, 11) is 0. The zero-order valence-electron chi connectivity index (χ0n) is 39.3. The third-order valence-corrected chi connectivity index (χ3v) is 13.8. The molecule has 0 heterocycles. The molecule has 1 rings (SSSR count). The second-order valence-corrected chi connectivity index (χ2v) is 20.4. The molecular weight excluding hydrogens is 669 g/mol. The van der Waals surface area contributed by atoms with E-state index >= 15 is 0 Å². The van der Waals surface area contributed by atoms with Gasteiger partial charge in [-0.3, -0.25) is 0 Å². The maximum absolute atomic E-state index is 10.5. The Bertz CT molecular complexity index is 1110. The van der Waals surface area contributed by atoms with E-state index in [0.717, 1.165) is 71.0 Å². The maximum Gasteiger partial charge on any atom is 0.122 e. The number of hydrogen-bond donors (Lipinski definition) is 2. The summed E-state index contributed by atoms with van der Waals surface area (Å²) in [6.07, 6.45) is 36.4. The summed E-state index contributed by atoms with van der Waals surface area (Å²) in [6.45, 7) is 27.9. The van der Waals surface area contributed by atoms with Gasteiger partial charge in [0, 0.05) is 0 Å². The maximum atomic E-state index is 10.5. The van der Waals surface area contributed by atoms with Gasteiger partial charge in [-0.15, -0.1) is 0 Å². The van der Waals surface area contributed by atoms with E-state index in [2.05, 4.69) is 75.3 Å². The van der Waals surface area contributed by atoms with Crippen LogP contribution in [-0.2, 0) is 6.42 Å². The Balaban J connectivity index is 2.01. The van der Waals surface area contributed by atoms with E-state index < -0.39 is 0 Å². The Hall–Kier alpha value is -1.44. The fourth-order valence-electron chi connectivity index (χ4n) is 9.06. The highest BCUT2D eigenvalue weighted by Crippen LogP contribution is 2.34. The van der Waals surface area contributed by atoms with Gasteiger partial charge in [0.15, 0.2) is 0 Å². The number of aromatic hydroxyl groups is 2. The number of allylic oxidation sites excluding steroid dienone is 2. The highest BCUT2D eigenvalue weighted by atomic mass is 16.3. The first-order valence-corrected chi connectivity index (χ1v) is 24.2. The molecule has 0 saturated carbocycles. The van der Waals surface area contributed by atoms with Gasteiger partial charge < -0.3 is 10.2 Å². The van der Waals surface area contributed by atoms with Gasteiger partial charge in [0.25, 0.3) is 0 Å². The van der Waals surface area contributed by atoms with E-state index in [9.17, 15) is 10.2 Å². The first-order valence-electron chi connectivity index (χ1n) is 24.2. The predicted molar refractivity (Wildman–Crippen MR) is 247 cm³/mol. The number of phenolic OH excluding ortho intramolecular Hbond substituents is 2. The van der Waals surface area contributed by atoms with E-state index in [1.54, 1.807) is 6.07 Å². The minimum atomic E-state index is 0.306. The molecular formula is C53H98O2. The Morgan fingerprint density at radius 1 is 0.436 bits per heavy atom. The molecule has 0 aromatic heterocycles. The summed E-state index contributed by atoms with van der Waals surface area (Å²) in [5, 5.41) is 20.7. The molecule has 0 aliphatic heterocycles. The summed E-state index contributed by atoms with van der Waals surface area (Å²) in [4.78, 5) is 0. The van der Waals surface area contributed by atoms with Crippen LogP contribution in [0.5, 0.6) is 11.5 Å². The third-order valence-electron chi connectivity index (χ3n) is 13.8. The summed E-state index contributed by atoms with van der Waals surface area (Å²) < 4.78 is 0. The first kappa shape index (κ1) is 51.6. The second kappa shape index (κ2) is 30.6. The molecule has 0 fully saturated rings. The van der Waals surface area contributed by atoms with Crippen LogP contribution in [0.2, 0.25) is 0 Å². The van der Waals surface area contributed by atoms with Crippen LogP contribution in [0.25, 0.3) is 0 Å². The van der Waals surface area contributed by atoms with Gasteiger partial charge >= 0.3 is 0 Å². The lowest BCUT2D eigenvalue weighted by Gasteiger charge is -2.18. The zero-order chi connectivity index (χ0) is 41.2. The molecule has 1 aromatic carbocycles. The molecule has 0 radical (unpaired) electrons. The van der Waals surface area contributed by atoms with Crippen molar-refractivity contribution in [3.63, 3.8) is 0 Å². The van der Waals surface area contributed by atoms with Crippen molar-refractivity contribution in [2.75, 3.05) is 0 Å². The lowest BCUT2D eigenvalue weighted by atomic mass is 9.88. The molecule has 0 bridgehead atoms. The second-order valence-electron chi connectivity index (χ2n) is 20.4. The van der Waals surface area contributed by atoms with E-state index in [1.807, 2.05) is 13.8 Å². The van der Waals surface area contributed by atoms with Crippen LogP contribution < -0.4 is 0 Å². The normalized spacial score (nSPS) is 16.3. The van der Waals surface area contributed by atoms with E-state index in [0.29, 0.717) is 17.4 Å². The largest absolute Gasteiger partial charge is 0.508 e. The Morgan fingerprint density at radius 2 is 0.709 bits per heavy atom. The average molecular weight is 767 g/mol. The molecule has 0 saturated heterocycles. The number of hydrogen-bond acceptors (Lipinski definition) is 2. The molecule has 0 spiro atoms. The van der Waals surface area contributed by atoms with Gasteiger partial charge in [0.1, 0.15) is 11.5 Å². The van der Waals surface area contributed by atoms with Crippen LogP contribution in [0, 0.1) is 61.2 Å². The number of aryl methyl sites for hydroxylation is 1. The van der Waals surface area contributed by atoms with Crippen molar-refractivity contribution < 1.29 is 10.2 Å². The van der Waals surface area contributed by atoms with Crippen LogP contribution in [0.4, 0.5) is 0 Å². The molecule has 322 valence electrons. The lowest BCUT2D eigenvalue weighted by Crippen LogP contribution is -2.03. The van der Waals surface area contributed by atoms with Crippen LogP contribution in [0.15, 0.2) is 17.7 Å². The molecule has 6 unspecified atom stereocenters. The molecule has 0 aliphatic rings. The van der Waals surface area contributed by atoms with Crippen molar-refractivity contribution in [1.29, 1.82) is 0 Å². The summed E-state index contributed by atoms with van der Waals surface area (Å²) in [6, 6.07) is 1.76. The van der Waals surface area contributed by atoms with Crippen LogP contribution >= 0.6 is 0 Å². The van der Waals surface area contributed by atoms with Crippen molar-refractivity contribution in [2.45, 2.75) is 244 Å². The van der Waals surface area contributed by atoms with Gasteiger partial charge in [0.05, 0.1) is 0 Å². The fraction of sp³-hybridized carbons (Fsp3) is 0.849. The topological polar surface area (TPSA) is 40.5 Å². The van der Waals surface area contributed by atoms with Crippen LogP contribution in [0.3, 0.4) is 0 Å². The average Bonchev–Trinajstić information content (AvgIpc) is 3.11. The van der Waals surface area contributed by atoms with Crippen molar-refractivity contribution in [2.24, 2.45) is 47.3 Å². The van der Waals surface area contributed by atoms with Gasteiger partial charge in [0.2, 0.25) is 0 Å². The Kier molecular flexibility index (Phi) is 28.7. The van der Waals surface area contributed by atoms with Gasteiger partial charge in [-0.25, -0.2) is 0 Å². The zero-order valence-corrected chi connectivity index (χ0v) is 39.3. The molecule has 2 nitrogen and oxygen atoms in total. The highest BCUT2D eigenvalue weighted by Gasteiger charge is 2.14. The molecule has 55 heavy (non-hydrogen) atoms. The van der Waals surface area contributed by atoms with Crippen LogP contribution in [0.1, 0.15) is 240 Å². The lowest BCUT2D eigenvalue weighted by molar-refractivity contribution is 0.353. The van der Waals surface area contributed by atoms with E-state index in [1.165, 1.54) is 153 Å². The summed E-state index contributed by atoms with van der Waals surface area (Å²) >= 11 is 0. The molecule has 2 heteroatoms. The first-order chi connectivity index (χ1) is 26.1. The fourth-order valence-corrected chi connectivity index (χ4v) is 9.06. The van der Waals surface area contributed by atoms with Gasteiger partial charge in [-0.05, 0) is 123 Å². The molecule has 1 aromatic rings. The minimum absolute atomic E-state index is 0.306. The monoisotopic (exact) mass is 767 g/mol. The summed E-state index contributed by atoms with van der Waals surface area (Å²) in [5.74, 6) is 7.48. The quantitative estimate of drug-likeness (QED) is 0.0542. The number of benzene rings is 1. The van der Waals surface area contributed by atoms with Crippen molar-refractivity contribution in [3.05, 3.63) is 34.4 Å². The van der Waals surface area contributed by atoms with Crippen molar-refractivity contribution in [3.8, 4) is 11.5 Å². The molecule has 2 N–H and O–H groups in total. The molecule has 0 aliphatic carbocycles. The van der Waals surface area contributed by atoms with Crippen molar-refractivity contribution >= 4 is 0 Å². The smallest absolute Gasteiger partial charge is 0.122 e. The third kappa shape index (κ3) is 26.2. The van der Waals surface area contributed by atoms with E-state index in [-0.39, 0.29) is 0 Å². The van der Waals surface area contributed by atoms with Crippen LogP contribution in [-0.4, -0.2) is 10.2 Å². The van der Waals surface area contributed by atoms with Crippen molar-refractivity contribution in [1.82, 2.24) is 0 Å². The van der Waals surface area contributed by atoms with Gasteiger partial charge in [-0.2, -0.15) is 0 Å². The number of phenols is 2. The van der Waals surface area contributed by atoms with E-state index in [4.69, 9.17) is 0 Å². The molecule has 8 atom stereocenters. The predicted octanol–water partition coefficient (Wildman–Crippen LogP) is 17.7. The SMILES string of the molecule is CC(C)=CCCC(C)CCCC(C)CCC[C@@H](C)CCCC(C)CCC[C@@H](C)CCCC(C)CCCC(C)CCCC(C)CCc1cc(O)c(C)c(C)c1O. The summed E-state index contributed by atoms with van der Waals surface area (Å²) in [5.41, 5.74) is 3.95. The molecule has 0 amide bonds. The Morgan fingerprint density at radius 3 is 1.00 bits per heavy atom.